The zero-order valence-corrected chi connectivity index (χ0v) is 16.7. The Labute approximate surface area is 162 Å². The van der Waals surface area contributed by atoms with Crippen LogP contribution in [0.4, 0.5) is 0 Å². The number of ether oxygens (including phenoxy) is 3. The molecule has 0 radical (unpaired) electrons. The van der Waals surface area contributed by atoms with Gasteiger partial charge in [-0.3, -0.25) is 4.79 Å². The number of esters is 1. The number of fused-ring (bicyclic) bond motifs is 6. The quantitative estimate of drug-likeness (QED) is 0.710. The molecule has 5 nitrogen and oxygen atoms in total. The molecule has 1 heterocycles. The van der Waals surface area contributed by atoms with Gasteiger partial charge in [0.15, 0.2) is 5.79 Å². The third-order valence-electron chi connectivity index (χ3n) is 9.09. The van der Waals surface area contributed by atoms with Gasteiger partial charge in [0.25, 0.3) is 0 Å². The zero-order chi connectivity index (χ0) is 18.8. The summed E-state index contributed by atoms with van der Waals surface area (Å²) < 4.78 is 17.9. The molecule has 0 bridgehead atoms. The second kappa shape index (κ2) is 6.43. The van der Waals surface area contributed by atoms with Crippen LogP contribution < -0.4 is 0 Å². The van der Waals surface area contributed by atoms with Gasteiger partial charge < -0.3 is 19.3 Å². The molecule has 0 aromatic heterocycles. The molecule has 4 aliphatic carbocycles. The molecule has 8 unspecified atom stereocenters. The monoisotopic (exact) mass is 378 g/mol. The molecule has 8 atom stereocenters. The summed E-state index contributed by atoms with van der Waals surface area (Å²) in [5.74, 6) is 2.19. The number of aliphatic hydroxyl groups is 1. The van der Waals surface area contributed by atoms with Crippen LogP contribution in [0.5, 0.6) is 0 Å². The SMILES string of the molecule is CC(=O)OC1CCC2C(C1)C(O)CC1C2CCC2(C)C1CCC21OCCO1. The van der Waals surface area contributed by atoms with Crippen LogP contribution in [0.25, 0.3) is 0 Å². The van der Waals surface area contributed by atoms with Gasteiger partial charge in [-0.15, -0.1) is 0 Å². The molecular formula is C22H34O5. The number of hydrogen-bond donors (Lipinski definition) is 1. The first-order chi connectivity index (χ1) is 12.9. The lowest BCUT2D eigenvalue weighted by molar-refractivity contribution is -0.246. The highest BCUT2D eigenvalue weighted by Gasteiger charge is 2.66. The summed E-state index contributed by atoms with van der Waals surface area (Å²) in [4.78, 5) is 11.4. The molecule has 152 valence electrons. The van der Waals surface area contributed by atoms with Crippen LogP contribution in [0, 0.1) is 35.0 Å². The average Bonchev–Trinajstić information content (AvgIpc) is 3.22. The number of carbonyl (C=O) groups excluding carboxylic acids is 1. The van der Waals surface area contributed by atoms with E-state index in [1.54, 1.807) is 0 Å². The molecular weight excluding hydrogens is 344 g/mol. The van der Waals surface area contributed by atoms with E-state index in [4.69, 9.17) is 14.2 Å². The van der Waals surface area contributed by atoms with Crippen LogP contribution in [0.1, 0.15) is 65.2 Å². The minimum Gasteiger partial charge on any atom is -0.463 e. The van der Waals surface area contributed by atoms with E-state index in [1.165, 1.54) is 19.8 Å². The van der Waals surface area contributed by atoms with Gasteiger partial charge in [0.05, 0.1) is 19.3 Å². The van der Waals surface area contributed by atoms with Crippen molar-refractivity contribution in [2.24, 2.45) is 35.0 Å². The van der Waals surface area contributed by atoms with Gasteiger partial charge in [-0.2, -0.15) is 0 Å². The Morgan fingerprint density at radius 2 is 1.70 bits per heavy atom. The lowest BCUT2D eigenvalue weighted by Gasteiger charge is -2.58. The van der Waals surface area contributed by atoms with Gasteiger partial charge in [-0.05, 0) is 74.5 Å². The molecule has 5 fully saturated rings. The maximum absolute atomic E-state index is 11.4. The van der Waals surface area contributed by atoms with Crippen molar-refractivity contribution >= 4 is 5.97 Å². The molecule has 4 saturated carbocycles. The summed E-state index contributed by atoms with van der Waals surface area (Å²) in [6, 6.07) is 0. The Hall–Kier alpha value is -0.650. The first kappa shape index (κ1) is 18.4. The predicted octanol–water partition coefficient (Wildman–Crippen LogP) is 3.28. The number of rotatable bonds is 1. The van der Waals surface area contributed by atoms with Gasteiger partial charge in [0.1, 0.15) is 6.10 Å². The number of carbonyl (C=O) groups is 1. The van der Waals surface area contributed by atoms with Crippen LogP contribution in [0.2, 0.25) is 0 Å². The minimum atomic E-state index is -0.364. The maximum atomic E-state index is 11.4. The fraction of sp³-hybridized carbons (Fsp3) is 0.955. The van der Waals surface area contributed by atoms with Crippen molar-refractivity contribution in [1.82, 2.24) is 0 Å². The summed E-state index contributed by atoms with van der Waals surface area (Å²) >= 11 is 0. The fourth-order valence-corrected chi connectivity index (χ4v) is 8.03. The van der Waals surface area contributed by atoms with Crippen LogP contribution >= 0.6 is 0 Å². The molecule has 27 heavy (non-hydrogen) atoms. The summed E-state index contributed by atoms with van der Waals surface area (Å²) in [6.45, 7) is 5.33. The van der Waals surface area contributed by atoms with E-state index < -0.39 is 0 Å². The van der Waals surface area contributed by atoms with Crippen molar-refractivity contribution in [2.45, 2.75) is 83.2 Å². The Kier molecular flexibility index (Phi) is 4.38. The smallest absolute Gasteiger partial charge is 0.302 e. The van der Waals surface area contributed by atoms with Gasteiger partial charge in [-0.1, -0.05) is 6.92 Å². The van der Waals surface area contributed by atoms with E-state index >= 15 is 0 Å². The number of aliphatic hydroxyl groups excluding tert-OH is 1. The van der Waals surface area contributed by atoms with Crippen LogP contribution in [-0.2, 0) is 19.0 Å². The molecule has 1 aliphatic heterocycles. The Morgan fingerprint density at radius 3 is 2.44 bits per heavy atom. The normalized spacial score (nSPS) is 50.7. The number of hydrogen-bond acceptors (Lipinski definition) is 5. The largest absolute Gasteiger partial charge is 0.463 e. The zero-order valence-electron chi connectivity index (χ0n) is 16.7. The highest BCUT2D eigenvalue weighted by molar-refractivity contribution is 5.66. The fourth-order valence-electron chi connectivity index (χ4n) is 8.03. The molecule has 0 aromatic rings. The van der Waals surface area contributed by atoms with E-state index in [-0.39, 0.29) is 29.4 Å². The molecule has 0 aromatic carbocycles. The maximum Gasteiger partial charge on any atom is 0.302 e. The van der Waals surface area contributed by atoms with Gasteiger partial charge in [0, 0.05) is 18.8 Å². The van der Waals surface area contributed by atoms with Crippen molar-refractivity contribution < 1.29 is 24.1 Å². The summed E-state index contributed by atoms with van der Waals surface area (Å²) in [5, 5.41) is 11.1. The molecule has 1 N–H and O–H groups in total. The average molecular weight is 379 g/mol. The van der Waals surface area contributed by atoms with Crippen molar-refractivity contribution in [1.29, 1.82) is 0 Å². The third-order valence-corrected chi connectivity index (χ3v) is 9.09. The molecule has 1 spiro atoms. The molecule has 5 rings (SSSR count). The van der Waals surface area contributed by atoms with Gasteiger partial charge >= 0.3 is 5.97 Å². The van der Waals surface area contributed by atoms with E-state index in [1.807, 2.05) is 0 Å². The first-order valence-electron chi connectivity index (χ1n) is 11.1. The van der Waals surface area contributed by atoms with Crippen molar-refractivity contribution in [3.8, 4) is 0 Å². The summed E-state index contributed by atoms with van der Waals surface area (Å²) in [6.07, 6.45) is 8.08. The van der Waals surface area contributed by atoms with Crippen LogP contribution in [0.3, 0.4) is 0 Å². The van der Waals surface area contributed by atoms with Crippen LogP contribution in [-0.4, -0.2) is 42.3 Å². The second-order valence-corrected chi connectivity index (χ2v) is 10.1. The second-order valence-electron chi connectivity index (χ2n) is 10.1. The van der Waals surface area contributed by atoms with Gasteiger partial charge in [0.2, 0.25) is 0 Å². The third kappa shape index (κ3) is 2.64. The summed E-state index contributed by atoms with van der Waals surface area (Å²) in [7, 11) is 0. The molecule has 5 heteroatoms. The highest BCUT2D eigenvalue weighted by Crippen LogP contribution is 2.67. The molecule has 0 amide bonds. The Balaban J connectivity index is 1.36. The Morgan fingerprint density at radius 1 is 0.963 bits per heavy atom. The van der Waals surface area contributed by atoms with Crippen molar-refractivity contribution in [2.75, 3.05) is 13.2 Å². The lowest BCUT2D eigenvalue weighted by atomic mass is 9.49. The van der Waals surface area contributed by atoms with Gasteiger partial charge in [-0.25, -0.2) is 0 Å². The molecule has 5 aliphatic rings. The minimum absolute atomic E-state index is 0.00107. The van der Waals surface area contributed by atoms with E-state index in [9.17, 15) is 9.90 Å². The van der Waals surface area contributed by atoms with Crippen molar-refractivity contribution in [3.05, 3.63) is 0 Å². The van der Waals surface area contributed by atoms with E-state index in [2.05, 4.69) is 6.92 Å². The molecule has 1 saturated heterocycles. The topological polar surface area (TPSA) is 65.0 Å². The standard InChI is InChI=1S/C22H34O5/c1-13(23)27-14-3-4-15-16-5-7-21(2)19(6-8-22(21)25-9-10-26-22)17(16)12-20(24)18(15)11-14/h14-20,24H,3-12H2,1-2H3. The van der Waals surface area contributed by atoms with E-state index in [0.717, 1.165) is 51.7 Å². The van der Waals surface area contributed by atoms with Crippen molar-refractivity contribution in [3.63, 3.8) is 0 Å². The van der Waals surface area contributed by atoms with E-state index in [0.29, 0.717) is 29.6 Å². The lowest BCUT2D eigenvalue weighted by Crippen LogP contribution is -2.56. The summed E-state index contributed by atoms with van der Waals surface area (Å²) in [5.41, 5.74) is 0.0895. The predicted molar refractivity (Wildman–Crippen MR) is 98.7 cm³/mol. The Bertz CT molecular complexity index is 600. The highest BCUT2D eigenvalue weighted by atomic mass is 16.7. The first-order valence-corrected chi connectivity index (χ1v) is 11.1. The van der Waals surface area contributed by atoms with Crippen LogP contribution in [0.15, 0.2) is 0 Å².